The second-order valence-corrected chi connectivity index (χ2v) is 8.95. The number of rotatable bonds is 3. The number of carbonyl (C=O) groups is 1. The number of H-pyrrole nitrogens is 1. The molecule has 0 atom stereocenters. The highest BCUT2D eigenvalue weighted by atomic mass is 32.2. The number of aromatic nitrogens is 2. The van der Waals surface area contributed by atoms with Gasteiger partial charge < -0.3 is 10.3 Å². The Labute approximate surface area is 119 Å². The summed E-state index contributed by atoms with van der Waals surface area (Å²) in [6.07, 6.45) is 0.662. The van der Waals surface area contributed by atoms with Gasteiger partial charge in [-0.05, 0) is 25.7 Å². The van der Waals surface area contributed by atoms with Gasteiger partial charge in [0, 0.05) is 12.2 Å². The van der Waals surface area contributed by atoms with E-state index >= 15 is 0 Å². The van der Waals surface area contributed by atoms with E-state index in [4.69, 9.17) is 0 Å². The Kier molecular flexibility index (Phi) is 3.66. The lowest BCUT2D eigenvalue weighted by atomic mass is 9.88. The predicted octanol–water partition coefficient (Wildman–Crippen LogP) is 1.04. The summed E-state index contributed by atoms with van der Waals surface area (Å²) >= 11 is 0. The van der Waals surface area contributed by atoms with Crippen molar-refractivity contribution in [2.45, 2.75) is 45.1 Å². The van der Waals surface area contributed by atoms with Gasteiger partial charge in [-0.3, -0.25) is 4.79 Å². The van der Waals surface area contributed by atoms with Crippen molar-refractivity contribution in [2.24, 2.45) is 5.41 Å². The zero-order valence-corrected chi connectivity index (χ0v) is 13.1. The molecule has 1 aromatic rings. The highest BCUT2D eigenvalue weighted by Gasteiger charge is 2.30. The second kappa shape index (κ2) is 4.87. The number of fused-ring (bicyclic) bond motifs is 1. The average molecular weight is 299 g/mol. The minimum Gasteiger partial charge on any atom is -0.350 e. The Morgan fingerprint density at radius 3 is 2.60 bits per heavy atom. The van der Waals surface area contributed by atoms with Crippen LogP contribution < -0.4 is 5.32 Å². The number of nitrogens with zero attached hydrogens (tertiary/aromatic N) is 1. The molecule has 112 valence electrons. The lowest BCUT2D eigenvalue weighted by Gasteiger charge is -2.21. The van der Waals surface area contributed by atoms with E-state index in [0.717, 1.165) is 5.69 Å². The number of imidazole rings is 1. The standard InChI is InChI=1S/C13H21N3O3S/c1-8(2)20(18,19)6-10-15-9-5-13(3,4)7-14-12(17)11(9)16-10/h8H,5-7H2,1-4H3,(H,14,17)(H,15,16). The van der Waals surface area contributed by atoms with E-state index in [2.05, 4.69) is 15.3 Å². The molecule has 1 aliphatic heterocycles. The van der Waals surface area contributed by atoms with Crippen LogP contribution in [-0.2, 0) is 22.0 Å². The van der Waals surface area contributed by atoms with Crippen molar-refractivity contribution in [3.05, 3.63) is 17.2 Å². The molecule has 0 unspecified atom stereocenters. The van der Waals surface area contributed by atoms with Crippen molar-refractivity contribution >= 4 is 15.7 Å². The molecule has 6 nitrogen and oxygen atoms in total. The van der Waals surface area contributed by atoms with E-state index in [9.17, 15) is 13.2 Å². The van der Waals surface area contributed by atoms with Crippen LogP contribution in [0.1, 0.15) is 49.7 Å². The lowest BCUT2D eigenvalue weighted by molar-refractivity contribution is 0.0940. The normalized spacial score (nSPS) is 18.6. The average Bonchev–Trinajstić information content (AvgIpc) is 2.62. The minimum atomic E-state index is -3.23. The Morgan fingerprint density at radius 2 is 2.00 bits per heavy atom. The van der Waals surface area contributed by atoms with Gasteiger partial charge in [0.05, 0.1) is 5.25 Å². The van der Waals surface area contributed by atoms with Crippen LogP contribution in [0.15, 0.2) is 0 Å². The molecule has 0 radical (unpaired) electrons. The molecular formula is C13H21N3O3S. The quantitative estimate of drug-likeness (QED) is 0.872. The fraction of sp³-hybridized carbons (Fsp3) is 0.692. The summed E-state index contributed by atoms with van der Waals surface area (Å²) in [6.45, 7) is 7.95. The van der Waals surface area contributed by atoms with Crippen molar-refractivity contribution in [3.8, 4) is 0 Å². The summed E-state index contributed by atoms with van der Waals surface area (Å²) in [6, 6.07) is 0. The van der Waals surface area contributed by atoms with Gasteiger partial charge in [0.1, 0.15) is 17.3 Å². The van der Waals surface area contributed by atoms with Crippen LogP contribution >= 0.6 is 0 Å². The first-order chi connectivity index (χ1) is 9.11. The van der Waals surface area contributed by atoms with Crippen LogP contribution in [0.2, 0.25) is 0 Å². The summed E-state index contributed by atoms with van der Waals surface area (Å²) in [4.78, 5) is 19.2. The molecule has 0 spiro atoms. The van der Waals surface area contributed by atoms with Gasteiger partial charge in [-0.1, -0.05) is 13.8 Å². The molecule has 0 saturated carbocycles. The molecule has 2 N–H and O–H groups in total. The smallest absolute Gasteiger partial charge is 0.271 e. The van der Waals surface area contributed by atoms with Gasteiger partial charge in [0.25, 0.3) is 5.91 Å². The van der Waals surface area contributed by atoms with Gasteiger partial charge >= 0.3 is 0 Å². The van der Waals surface area contributed by atoms with Crippen molar-refractivity contribution in [3.63, 3.8) is 0 Å². The first kappa shape index (κ1) is 15.0. The topological polar surface area (TPSA) is 91.9 Å². The molecule has 1 aromatic heterocycles. The Morgan fingerprint density at radius 1 is 1.35 bits per heavy atom. The lowest BCUT2D eigenvalue weighted by Crippen LogP contribution is -2.32. The first-order valence-electron chi connectivity index (χ1n) is 6.68. The first-order valence-corrected chi connectivity index (χ1v) is 8.40. The summed E-state index contributed by atoms with van der Waals surface area (Å²) in [7, 11) is -3.23. The third-order valence-corrected chi connectivity index (χ3v) is 5.59. The number of carbonyl (C=O) groups excluding carboxylic acids is 1. The maximum atomic E-state index is 12.0. The third-order valence-electron chi connectivity index (χ3n) is 3.48. The molecule has 20 heavy (non-hydrogen) atoms. The van der Waals surface area contributed by atoms with Crippen molar-refractivity contribution in [1.82, 2.24) is 15.3 Å². The zero-order chi connectivity index (χ0) is 15.1. The molecule has 0 aliphatic carbocycles. The van der Waals surface area contributed by atoms with E-state index in [1.165, 1.54) is 0 Å². The van der Waals surface area contributed by atoms with Gasteiger partial charge in [0.15, 0.2) is 9.84 Å². The van der Waals surface area contributed by atoms with Crippen LogP contribution in [0.4, 0.5) is 0 Å². The molecule has 2 rings (SSSR count). The predicted molar refractivity (Wildman–Crippen MR) is 76.2 cm³/mol. The van der Waals surface area contributed by atoms with Crippen molar-refractivity contribution < 1.29 is 13.2 Å². The second-order valence-electron chi connectivity index (χ2n) is 6.39. The molecule has 0 fully saturated rings. The molecule has 1 amide bonds. The van der Waals surface area contributed by atoms with Crippen molar-refractivity contribution in [1.29, 1.82) is 0 Å². The number of aromatic amines is 1. The Balaban J connectivity index is 2.34. The van der Waals surface area contributed by atoms with E-state index in [1.54, 1.807) is 13.8 Å². The van der Waals surface area contributed by atoms with Gasteiger partial charge in [0.2, 0.25) is 0 Å². The van der Waals surface area contributed by atoms with E-state index in [0.29, 0.717) is 24.5 Å². The molecule has 1 aliphatic rings. The zero-order valence-electron chi connectivity index (χ0n) is 12.3. The number of hydrogen-bond donors (Lipinski definition) is 2. The van der Waals surface area contributed by atoms with E-state index in [-0.39, 0.29) is 17.1 Å². The number of amides is 1. The minimum absolute atomic E-state index is 0.0817. The number of sulfone groups is 1. The molecule has 7 heteroatoms. The molecule has 0 bridgehead atoms. The molecule has 2 heterocycles. The van der Waals surface area contributed by atoms with Gasteiger partial charge in [-0.25, -0.2) is 13.4 Å². The van der Waals surface area contributed by atoms with Crippen molar-refractivity contribution in [2.75, 3.05) is 6.54 Å². The van der Waals surface area contributed by atoms with Crippen LogP contribution in [0.25, 0.3) is 0 Å². The fourth-order valence-corrected chi connectivity index (χ4v) is 3.00. The fourth-order valence-electron chi connectivity index (χ4n) is 2.15. The largest absolute Gasteiger partial charge is 0.350 e. The third kappa shape index (κ3) is 3.03. The highest BCUT2D eigenvalue weighted by molar-refractivity contribution is 7.91. The van der Waals surface area contributed by atoms with Crippen LogP contribution in [0.3, 0.4) is 0 Å². The highest BCUT2D eigenvalue weighted by Crippen LogP contribution is 2.25. The maximum absolute atomic E-state index is 12.0. The molecule has 0 saturated heterocycles. The molecule has 0 aromatic carbocycles. The SMILES string of the molecule is CC(C)S(=O)(=O)Cc1nc2c([nH]1)CC(C)(C)CNC2=O. The summed E-state index contributed by atoms with van der Waals surface area (Å²) in [5.74, 6) is -0.0580. The summed E-state index contributed by atoms with van der Waals surface area (Å²) in [5.41, 5.74) is 0.963. The van der Waals surface area contributed by atoms with Gasteiger partial charge in [-0.2, -0.15) is 0 Å². The number of hydrogen-bond acceptors (Lipinski definition) is 4. The van der Waals surface area contributed by atoms with Crippen LogP contribution in [0, 0.1) is 5.41 Å². The monoisotopic (exact) mass is 299 g/mol. The van der Waals surface area contributed by atoms with Crippen LogP contribution in [-0.4, -0.2) is 36.1 Å². The Bertz CT molecular complexity index is 629. The summed E-state index contributed by atoms with van der Waals surface area (Å²) in [5, 5.41) is 2.36. The summed E-state index contributed by atoms with van der Waals surface area (Å²) < 4.78 is 23.9. The van der Waals surface area contributed by atoms with Crippen LogP contribution in [0.5, 0.6) is 0 Å². The van der Waals surface area contributed by atoms with E-state index in [1.807, 2.05) is 13.8 Å². The Hall–Kier alpha value is -1.37. The maximum Gasteiger partial charge on any atom is 0.271 e. The van der Waals surface area contributed by atoms with E-state index < -0.39 is 15.1 Å². The van der Waals surface area contributed by atoms with Gasteiger partial charge in [-0.15, -0.1) is 0 Å². The molecular weight excluding hydrogens is 278 g/mol. The number of nitrogens with one attached hydrogen (secondary N) is 2.